The molecule has 0 saturated carbocycles. The molecule has 1 aromatic heterocycles. The van der Waals surface area contributed by atoms with Crippen molar-refractivity contribution in [1.29, 1.82) is 5.26 Å². The largest absolute Gasteiger partial charge is 0.496 e. The summed E-state index contributed by atoms with van der Waals surface area (Å²) in [6, 6.07) is 15.5. The fourth-order valence-electron chi connectivity index (χ4n) is 3.02. The quantitative estimate of drug-likeness (QED) is 0.681. The molecule has 0 bridgehead atoms. The Hall–Kier alpha value is -2.77. The Morgan fingerprint density at radius 1 is 1.20 bits per heavy atom. The van der Waals surface area contributed by atoms with Gasteiger partial charge < -0.3 is 4.74 Å². The van der Waals surface area contributed by atoms with Gasteiger partial charge in [-0.1, -0.05) is 35.9 Å². The predicted molar refractivity (Wildman–Crippen MR) is 99.0 cm³/mol. The van der Waals surface area contributed by atoms with Crippen LogP contribution in [0.5, 0.6) is 5.75 Å². The van der Waals surface area contributed by atoms with E-state index in [9.17, 15) is 0 Å². The maximum absolute atomic E-state index is 9.04. The second-order valence-electron chi connectivity index (χ2n) is 5.82. The van der Waals surface area contributed by atoms with Crippen LogP contribution in [0.15, 0.2) is 42.5 Å². The molecule has 0 atom stereocenters. The molecule has 25 heavy (non-hydrogen) atoms. The van der Waals surface area contributed by atoms with E-state index in [1.807, 2.05) is 54.9 Å². The van der Waals surface area contributed by atoms with Crippen LogP contribution >= 0.6 is 11.6 Å². The summed E-state index contributed by atoms with van der Waals surface area (Å²) in [6.45, 7) is 4.64. The first-order valence-corrected chi connectivity index (χ1v) is 8.29. The van der Waals surface area contributed by atoms with E-state index in [4.69, 9.17) is 21.6 Å². The first kappa shape index (κ1) is 17.1. The Morgan fingerprint density at radius 3 is 2.64 bits per heavy atom. The summed E-state index contributed by atoms with van der Waals surface area (Å²) >= 11 is 6.19. The van der Waals surface area contributed by atoms with Crippen LogP contribution in [0.2, 0.25) is 5.02 Å². The van der Waals surface area contributed by atoms with Gasteiger partial charge in [-0.05, 0) is 37.6 Å². The molecule has 0 aliphatic heterocycles. The van der Waals surface area contributed by atoms with Gasteiger partial charge in [0.1, 0.15) is 11.8 Å². The Labute approximate surface area is 152 Å². The summed E-state index contributed by atoms with van der Waals surface area (Å²) in [6.07, 6.45) is 0. The van der Waals surface area contributed by atoms with Crippen LogP contribution in [0.3, 0.4) is 0 Å². The monoisotopic (exact) mass is 351 g/mol. The van der Waals surface area contributed by atoms with Crippen LogP contribution in [0, 0.1) is 25.2 Å². The lowest BCUT2D eigenvalue weighted by atomic mass is 10.0. The minimum atomic E-state index is 0.455. The fourth-order valence-corrected chi connectivity index (χ4v) is 3.25. The molecular formula is C20H18ClN3O. The lowest BCUT2D eigenvalue weighted by molar-refractivity contribution is 0.407. The van der Waals surface area contributed by atoms with E-state index in [-0.39, 0.29) is 0 Å². The molecular weight excluding hydrogens is 334 g/mol. The van der Waals surface area contributed by atoms with Gasteiger partial charge in [0.15, 0.2) is 0 Å². The molecule has 4 nitrogen and oxygen atoms in total. The van der Waals surface area contributed by atoms with Crippen LogP contribution in [-0.2, 0) is 6.54 Å². The molecule has 0 fully saturated rings. The maximum atomic E-state index is 9.04. The van der Waals surface area contributed by atoms with E-state index < -0.39 is 0 Å². The molecule has 0 aliphatic rings. The van der Waals surface area contributed by atoms with Crippen molar-refractivity contribution >= 4 is 11.6 Å². The summed E-state index contributed by atoms with van der Waals surface area (Å²) < 4.78 is 7.40. The number of rotatable bonds is 4. The van der Waals surface area contributed by atoms with Crippen molar-refractivity contribution in [3.63, 3.8) is 0 Å². The second kappa shape index (κ2) is 7.00. The molecule has 0 N–H and O–H groups in total. The molecule has 0 amide bonds. The van der Waals surface area contributed by atoms with Crippen molar-refractivity contribution in [2.75, 3.05) is 7.11 Å². The maximum Gasteiger partial charge on any atom is 0.123 e. The van der Waals surface area contributed by atoms with Crippen LogP contribution in [0.1, 0.15) is 22.5 Å². The first-order valence-electron chi connectivity index (χ1n) is 7.91. The SMILES string of the molecule is COc1ccccc1Cn1nc(C)c(-c2ccc(C#N)c(Cl)c2)c1C. The van der Waals surface area contributed by atoms with Crippen LogP contribution < -0.4 is 4.74 Å². The molecule has 126 valence electrons. The number of halogens is 1. The molecule has 3 rings (SSSR count). The van der Waals surface area contributed by atoms with Gasteiger partial charge in [-0.25, -0.2) is 0 Å². The highest BCUT2D eigenvalue weighted by atomic mass is 35.5. The zero-order chi connectivity index (χ0) is 18.0. The van der Waals surface area contributed by atoms with Gasteiger partial charge in [0, 0.05) is 16.8 Å². The number of aromatic nitrogens is 2. The number of para-hydroxylation sites is 1. The van der Waals surface area contributed by atoms with Crippen molar-refractivity contribution in [3.05, 3.63) is 70.0 Å². The number of nitriles is 1. The zero-order valence-electron chi connectivity index (χ0n) is 14.4. The zero-order valence-corrected chi connectivity index (χ0v) is 15.1. The minimum absolute atomic E-state index is 0.455. The number of benzene rings is 2. The number of ether oxygens (including phenoxy) is 1. The van der Waals surface area contributed by atoms with E-state index in [1.54, 1.807) is 13.2 Å². The molecule has 3 aromatic rings. The minimum Gasteiger partial charge on any atom is -0.496 e. The summed E-state index contributed by atoms with van der Waals surface area (Å²) in [5.74, 6) is 0.845. The van der Waals surface area contributed by atoms with Crippen LogP contribution in [0.25, 0.3) is 11.1 Å². The van der Waals surface area contributed by atoms with Crippen LogP contribution in [-0.4, -0.2) is 16.9 Å². The highest BCUT2D eigenvalue weighted by Crippen LogP contribution is 2.31. The fraction of sp³-hybridized carbons (Fsp3) is 0.200. The number of nitrogens with zero attached hydrogens (tertiary/aromatic N) is 3. The molecule has 2 aromatic carbocycles. The van der Waals surface area contributed by atoms with Gasteiger partial charge in [0.25, 0.3) is 0 Å². The van der Waals surface area contributed by atoms with E-state index in [0.29, 0.717) is 17.1 Å². The van der Waals surface area contributed by atoms with Crippen molar-refractivity contribution in [3.8, 4) is 22.9 Å². The lowest BCUT2D eigenvalue weighted by Gasteiger charge is -2.10. The Balaban J connectivity index is 2.02. The summed E-state index contributed by atoms with van der Waals surface area (Å²) in [5.41, 5.74) is 5.52. The van der Waals surface area contributed by atoms with E-state index in [1.165, 1.54) is 0 Å². The van der Waals surface area contributed by atoms with E-state index in [0.717, 1.165) is 33.8 Å². The lowest BCUT2D eigenvalue weighted by Crippen LogP contribution is -2.05. The van der Waals surface area contributed by atoms with Gasteiger partial charge in [0.05, 0.1) is 29.9 Å². The number of hydrogen-bond acceptors (Lipinski definition) is 3. The average molecular weight is 352 g/mol. The third-order valence-electron chi connectivity index (χ3n) is 4.27. The molecule has 1 heterocycles. The predicted octanol–water partition coefficient (Wildman–Crippen LogP) is 4.75. The first-order chi connectivity index (χ1) is 12.0. The van der Waals surface area contributed by atoms with Crippen LogP contribution in [0.4, 0.5) is 0 Å². The van der Waals surface area contributed by atoms with Crippen molar-refractivity contribution in [1.82, 2.24) is 9.78 Å². The van der Waals surface area contributed by atoms with Gasteiger partial charge in [-0.3, -0.25) is 4.68 Å². The molecule has 0 saturated heterocycles. The summed E-state index contributed by atoms with van der Waals surface area (Å²) in [4.78, 5) is 0. The molecule has 0 aliphatic carbocycles. The third-order valence-corrected chi connectivity index (χ3v) is 4.59. The smallest absolute Gasteiger partial charge is 0.123 e. The summed E-state index contributed by atoms with van der Waals surface area (Å²) in [7, 11) is 1.67. The van der Waals surface area contributed by atoms with Crippen molar-refractivity contribution < 1.29 is 4.74 Å². The third kappa shape index (κ3) is 3.24. The van der Waals surface area contributed by atoms with E-state index >= 15 is 0 Å². The summed E-state index contributed by atoms with van der Waals surface area (Å²) in [5, 5.41) is 14.2. The Kier molecular flexibility index (Phi) is 4.78. The van der Waals surface area contributed by atoms with E-state index in [2.05, 4.69) is 11.2 Å². The van der Waals surface area contributed by atoms with Gasteiger partial charge in [-0.2, -0.15) is 10.4 Å². The number of methoxy groups -OCH3 is 1. The number of aryl methyl sites for hydroxylation is 1. The molecule has 5 heteroatoms. The molecule has 0 spiro atoms. The molecule has 0 unspecified atom stereocenters. The normalized spacial score (nSPS) is 10.5. The highest BCUT2D eigenvalue weighted by Gasteiger charge is 2.16. The van der Waals surface area contributed by atoms with Gasteiger partial charge >= 0.3 is 0 Å². The van der Waals surface area contributed by atoms with Gasteiger partial charge in [-0.15, -0.1) is 0 Å². The van der Waals surface area contributed by atoms with Crippen molar-refractivity contribution in [2.45, 2.75) is 20.4 Å². The number of hydrogen-bond donors (Lipinski definition) is 0. The Bertz CT molecular complexity index is 970. The van der Waals surface area contributed by atoms with Gasteiger partial charge in [0.2, 0.25) is 0 Å². The molecule has 0 radical (unpaired) electrons. The Morgan fingerprint density at radius 2 is 1.96 bits per heavy atom. The van der Waals surface area contributed by atoms with Crippen molar-refractivity contribution in [2.24, 2.45) is 0 Å². The highest BCUT2D eigenvalue weighted by molar-refractivity contribution is 6.32. The second-order valence-corrected chi connectivity index (χ2v) is 6.23. The topological polar surface area (TPSA) is 50.8 Å². The average Bonchev–Trinajstić information content (AvgIpc) is 2.89. The standard InChI is InChI=1S/C20H18ClN3O/c1-13-20(15-8-9-16(11-22)18(21)10-15)14(2)24(23-13)12-17-6-4-5-7-19(17)25-3/h4-10H,12H2,1-3H3.